The number of aryl methyl sites for hydroxylation is 1. The van der Waals surface area contributed by atoms with E-state index in [9.17, 15) is 18.0 Å². The van der Waals surface area contributed by atoms with Crippen LogP contribution in [0.1, 0.15) is 29.8 Å². The SMILES string of the molecule is CCOc1ccc(N([C@@H](C)C(=O)Nc2cc(C(=O)OC)ccc2C)S(C)(=O)=O)cc1. The Hall–Kier alpha value is -3.07. The van der Waals surface area contributed by atoms with E-state index in [2.05, 4.69) is 5.32 Å². The minimum Gasteiger partial charge on any atom is -0.494 e. The second-order valence-corrected chi connectivity index (χ2v) is 8.53. The second-order valence-electron chi connectivity index (χ2n) is 6.67. The van der Waals surface area contributed by atoms with Crippen molar-refractivity contribution in [1.82, 2.24) is 0 Å². The highest BCUT2D eigenvalue weighted by molar-refractivity contribution is 7.92. The van der Waals surface area contributed by atoms with Crippen molar-refractivity contribution in [3.8, 4) is 5.75 Å². The Morgan fingerprint density at radius 2 is 1.77 bits per heavy atom. The molecule has 2 aromatic carbocycles. The minimum absolute atomic E-state index is 0.275. The van der Waals surface area contributed by atoms with Crippen molar-refractivity contribution in [1.29, 1.82) is 0 Å². The molecular weight excluding hydrogens is 408 g/mol. The van der Waals surface area contributed by atoms with E-state index in [1.54, 1.807) is 43.3 Å². The molecule has 0 aliphatic heterocycles. The zero-order chi connectivity index (χ0) is 22.5. The number of anilines is 2. The number of hydrogen-bond acceptors (Lipinski definition) is 6. The highest BCUT2D eigenvalue weighted by Crippen LogP contribution is 2.25. The monoisotopic (exact) mass is 434 g/mol. The lowest BCUT2D eigenvalue weighted by atomic mass is 10.1. The third-order valence-electron chi connectivity index (χ3n) is 4.41. The van der Waals surface area contributed by atoms with E-state index in [4.69, 9.17) is 9.47 Å². The molecule has 0 aliphatic carbocycles. The Morgan fingerprint density at radius 1 is 1.13 bits per heavy atom. The van der Waals surface area contributed by atoms with E-state index in [1.165, 1.54) is 20.1 Å². The van der Waals surface area contributed by atoms with Crippen LogP contribution in [-0.2, 0) is 19.6 Å². The summed E-state index contributed by atoms with van der Waals surface area (Å²) in [6, 6.07) is 10.2. The predicted octanol–water partition coefficient (Wildman–Crippen LogP) is 2.97. The van der Waals surface area contributed by atoms with Gasteiger partial charge in [-0.15, -0.1) is 0 Å². The van der Waals surface area contributed by atoms with Crippen LogP contribution in [0.5, 0.6) is 5.75 Å². The smallest absolute Gasteiger partial charge is 0.337 e. The van der Waals surface area contributed by atoms with Crippen LogP contribution in [-0.4, -0.2) is 46.3 Å². The molecule has 0 heterocycles. The van der Waals surface area contributed by atoms with E-state index >= 15 is 0 Å². The van der Waals surface area contributed by atoms with Gasteiger partial charge in [-0.3, -0.25) is 9.10 Å². The fourth-order valence-corrected chi connectivity index (χ4v) is 4.08. The summed E-state index contributed by atoms with van der Waals surface area (Å²) in [6.07, 6.45) is 1.04. The van der Waals surface area contributed by atoms with E-state index in [0.29, 0.717) is 23.7 Å². The van der Waals surface area contributed by atoms with Gasteiger partial charge in [0.1, 0.15) is 11.8 Å². The topological polar surface area (TPSA) is 102 Å². The number of amides is 1. The van der Waals surface area contributed by atoms with Crippen molar-refractivity contribution < 1.29 is 27.5 Å². The number of sulfonamides is 1. The third kappa shape index (κ3) is 5.50. The lowest BCUT2D eigenvalue weighted by Crippen LogP contribution is -2.45. The molecule has 8 nitrogen and oxygen atoms in total. The normalized spacial score (nSPS) is 12.0. The van der Waals surface area contributed by atoms with Crippen LogP contribution in [0, 0.1) is 6.92 Å². The molecule has 0 spiro atoms. The van der Waals surface area contributed by atoms with Crippen molar-refractivity contribution >= 4 is 33.3 Å². The van der Waals surface area contributed by atoms with Crippen LogP contribution in [0.25, 0.3) is 0 Å². The summed E-state index contributed by atoms with van der Waals surface area (Å²) in [7, 11) is -2.49. The first-order valence-corrected chi connectivity index (χ1v) is 11.2. The maximum atomic E-state index is 12.9. The molecule has 0 radical (unpaired) electrons. The largest absolute Gasteiger partial charge is 0.494 e. The predicted molar refractivity (Wildman–Crippen MR) is 116 cm³/mol. The molecule has 1 atom stereocenters. The molecule has 0 unspecified atom stereocenters. The molecule has 9 heteroatoms. The molecule has 2 rings (SSSR count). The zero-order valence-corrected chi connectivity index (χ0v) is 18.4. The maximum absolute atomic E-state index is 12.9. The van der Waals surface area contributed by atoms with Crippen LogP contribution in [0.15, 0.2) is 42.5 Å². The van der Waals surface area contributed by atoms with E-state index in [0.717, 1.165) is 16.1 Å². The molecule has 162 valence electrons. The van der Waals surface area contributed by atoms with Crippen molar-refractivity contribution in [3.05, 3.63) is 53.6 Å². The zero-order valence-electron chi connectivity index (χ0n) is 17.6. The van der Waals surface area contributed by atoms with E-state index < -0.39 is 27.9 Å². The Labute approximate surface area is 176 Å². The Kier molecular flexibility index (Phi) is 7.44. The number of methoxy groups -OCH3 is 1. The van der Waals surface area contributed by atoms with Crippen molar-refractivity contribution in [3.63, 3.8) is 0 Å². The van der Waals surface area contributed by atoms with Crippen LogP contribution in [0.3, 0.4) is 0 Å². The quantitative estimate of drug-likeness (QED) is 0.641. The molecule has 0 aromatic heterocycles. The first-order chi connectivity index (χ1) is 14.1. The molecule has 0 bridgehead atoms. The van der Waals surface area contributed by atoms with Gasteiger partial charge in [-0.25, -0.2) is 13.2 Å². The number of esters is 1. The Balaban J connectivity index is 2.32. The number of nitrogens with zero attached hydrogens (tertiary/aromatic N) is 1. The van der Waals surface area contributed by atoms with Gasteiger partial charge in [-0.1, -0.05) is 6.07 Å². The fourth-order valence-electron chi connectivity index (χ4n) is 2.90. The van der Waals surface area contributed by atoms with Gasteiger partial charge in [0.15, 0.2) is 0 Å². The first-order valence-electron chi connectivity index (χ1n) is 9.30. The summed E-state index contributed by atoms with van der Waals surface area (Å²) in [6.45, 7) is 5.59. The van der Waals surface area contributed by atoms with Gasteiger partial charge in [0.05, 0.1) is 31.2 Å². The first kappa shape index (κ1) is 23.2. The summed E-state index contributed by atoms with van der Waals surface area (Å²) in [5, 5.41) is 2.71. The summed E-state index contributed by atoms with van der Waals surface area (Å²) >= 11 is 0. The number of carbonyl (C=O) groups is 2. The van der Waals surface area contributed by atoms with Crippen LogP contribution in [0.4, 0.5) is 11.4 Å². The molecule has 0 saturated carbocycles. The standard InChI is InChI=1S/C21H26N2O6S/c1-6-29-18-11-9-17(10-12-18)23(30(5,26)27)15(3)20(24)22-19-13-16(21(25)28-4)8-7-14(19)2/h7-13,15H,6H2,1-5H3,(H,22,24)/t15-/m0/s1. The van der Waals surface area contributed by atoms with Gasteiger partial charge >= 0.3 is 5.97 Å². The molecular formula is C21H26N2O6S. The van der Waals surface area contributed by atoms with Crippen LogP contribution >= 0.6 is 0 Å². The van der Waals surface area contributed by atoms with Crippen molar-refractivity contribution in [2.45, 2.75) is 26.8 Å². The van der Waals surface area contributed by atoms with Gasteiger partial charge in [-0.2, -0.15) is 0 Å². The van der Waals surface area contributed by atoms with Crippen LogP contribution in [0.2, 0.25) is 0 Å². The van der Waals surface area contributed by atoms with E-state index in [-0.39, 0.29) is 5.56 Å². The molecule has 1 amide bonds. The third-order valence-corrected chi connectivity index (χ3v) is 5.65. The van der Waals surface area contributed by atoms with Gasteiger partial charge < -0.3 is 14.8 Å². The lowest BCUT2D eigenvalue weighted by molar-refractivity contribution is -0.116. The minimum atomic E-state index is -3.76. The molecule has 30 heavy (non-hydrogen) atoms. The number of carbonyl (C=O) groups excluding carboxylic acids is 2. The number of benzene rings is 2. The fraction of sp³-hybridized carbons (Fsp3) is 0.333. The highest BCUT2D eigenvalue weighted by atomic mass is 32.2. The highest BCUT2D eigenvalue weighted by Gasteiger charge is 2.29. The van der Waals surface area contributed by atoms with E-state index in [1.807, 2.05) is 6.92 Å². The van der Waals surface area contributed by atoms with Gasteiger partial charge in [-0.05, 0) is 62.7 Å². The van der Waals surface area contributed by atoms with Gasteiger partial charge in [0.2, 0.25) is 15.9 Å². The maximum Gasteiger partial charge on any atom is 0.337 e. The summed E-state index contributed by atoms with van der Waals surface area (Å²) < 4.78 is 36.0. The van der Waals surface area contributed by atoms with Gasteiger partial charge in [0, 0.05) is 5.69 Å². The molecule has 0 saturated heterocycles. The second kappa shape index (κ2) is 9.62. The summed E-state index contributed by atoms with van der Waals surface area (Å²) in [5.41, 5.74) is 1.73. The average molecular weight is 435 g/mol. The lowest BCUT2D eigenvalue weighted by Gasteiger charge is -2.28. The molecule has 0 fully saturated rings. The number of nitrogens with one attached hydrogen (secondary N) is 1. The molecule has 1 N–H and O–H groups in total. The average Bonchev–Trinajstić information content (AvgIpc) is 2.69. The van der Waals surface area contributed by atoms with Gasteiger partial charge in [0.25, 0.3) is 0 Å². The Bertz CT molecular complexity index is 1020. The van der Waals surface area contributed by atoms with Crippen molar-refractivity contribution in [2.75, 3.05) is 29.6 Å². The molecule has 0 aliphatic rings. The number of hydrogen-bond donors (Lipinski definition) is 1. The molecule has 2 aromatic rings. The number of ether oxygens (including phenoxy) is 2. The van der Waals surface area contributed by atoms with Crippen LogP contribution < -0.4 is 14.4 Å². The summed E-state index contributed by atoms with van der Waals surface area (Å²) in [5.74, 6) is -0.479. The Morgan fingerprint density at radius 3 is 2.30 bits per heavy atom. The summed E-state index contributed by atoms with van der Waals surface area (Å²) in [4.78, 5) is 24.7. The van der Waals surface area contributed by atoms with Crippen molar-refractivity contribution in [2.24, 2.45) is 0 Å². The number of rotatable bonds is 8.